The average molecular weight is 1070 g/mol. The molecule has 0 fully saturated rings. The van der Waals surface area contributed by atoms with Gasteiger partial charge in [-0.25, -0.2) is 14.4 Å². The number of amides is 8. The third-order valence-electron chi connectivity index (χ3n) is 11.4. The van der Waals surface area contributed by atoms with Crippen molar-refractivity contribution in [2.75, 3.05) is 31.9 Å². The van der Waals surface area contributed by atoms with Crippen LogP contribution in [0, 0.1) is 0 Å². The molecule has 2 atom stereocenters. The van der Waals surface area contributed by atoms with E-state index < -0.39 is 90.3 Å². The van der Waals surface area contributed by atoms with Gasteiger partial charge in [0.25, 0.3) is 23.6 Å². The second-order valence-corrected chi connectivity index (χ2v) is 17.5. The number of hydrogen-bond acceptors (Lipinski definition) is 11. The van der Waals surface area contributed by atoms with Crippen LogP contribution in [-0.4, -0.2) is 107 Å². The Hall–Kier alpha value is -10.6. The minimum absolute atomic E-state index is 0.151. The fourth-order valence-corrected chi connectivity index (χ4v) is 7.71. The molecule has 0 saturated heterocycles. The van der Waals surface area contributed by atoms with Crippen LogP contribution in [0.25, 0.3) is 0 Å². The van der Waals surface area contributed by atoms with Gasteiger partial charge in [0.1, 0.15) is 23.5 Å². The molecule has 25 heteroatoms. The number of nitrogens with zero attached hydrogens (tertiary/aromatic N) is 2. The Morgan fingerprint density at radius 3 is 1.13 bits per heavy atom. The van der Waals surface area contributed by atoms with E-state index in [0.29, 0.717) is 22.5 Å². The number of benzene rings is 4. The first-order valence-corrected chi connectivity index (χ1v) is 23.6. The van der Waals surface area contributed by atoms with Crippen molar-refractivity contribution in [1.82, 2.24) is 19.8 Å². The van der Waals surface area contributed by atoms with E-state index in [9.17, 15) is 63.0 Å². The summed E-state index contributed by atoms with van der Waals surface area (Å²) < 4.78 is 2.95. The Labute approximate surface area is 443 Å². The zero-order chi connectivity index (χ0) is 56.6. The molecule has 6 aromatic rings. The number of aromatic nitrogens is 2. The van der Waals surface area contributed by atoms with E-state index in [0.717, 1.165) is 0 Å². The maximum absolute atomic E-state index is 13.4. The predicted octanol–water partition coefficient (Wildman–Crippen LogP) is 4.97. The van der Waals surface area contributed by atoms with Crippen molar-refractivity contribution in [3.05, 3.63) is 155 Å². The fourth-order valence-electron chi connectivity index (χ4n) is 7.71. The van der Waals surface area contributed by atoms with Gasteiger partial charge in [0.15, 0.2) is 0 Å². The van der Waals surface area contributed by atoms with Gasteiger partial charge in [-0.1, -0.05) is 36.4 Å². The topological polar surface area (TPSA) is 375 Å². The number of carbonyl (C=O) groups is 11. The zero-order valence-corrected chi connectivity index (χ0v) is 41.6. The minimum Gasteiger partial charge on any atom is -0.481 e. The van der Waals surface area contributed by atoms with Gasteiger partial charge in [-0.2, -0.15) is 0 Å². The summed E-state index contributed by atoms with van der Waals surface area (Å²) in [5.41, 5.74) is 3.12. The van der Waals surface area contributed by atoms with Crippen LogP contribution >= 0.6 is 0 Å². The molecule has 0 bridgehead atoms. The van der Waals surface area contributed by atoms with Gasteiger partial charge < -0.3 is 72.1 Å². The molecule has 404 valence electrons. The quantitative estimate of drug-likeness (QED) is 0.0381. The lowest BCUT2D eigenvalue weighted by Gasteiger charge is -2.14. The monoisotopic (exact) mass is 1070 g/mol. The summed E-state index contributed by atoms with van der Waals surface area (Å²) in [7, 11) is 3.17. The van der Waals surface area contributed by atoms with E-state index in [1.165, 1.54) is 82.2 Å². The first kappa shape index (κ1) is 56.7. The predicted molar refractivity (Wildman–Crippen MR) is 281 cm³/mol. The van der Waals surface area contributed by atoms with Crippen LogP contribution < -0.4 is 42.5 Å². The van der Waals surface area contributed by atoms with Crippen LogP contribution in [0.1, 0.15) is 78.5 Å². The van der Waals surface area contributed by atoms with Crippen LogP contribution in [0.3, 0.4) is 0 Å². The van der Waals surface area contributed by atoms with Crippen LogP contribution in [0.2, 0.25) is 0 Å². The second-order valence-electron chi connectivity index (χ2n) is 17.5. The van der Waals surface area contributed by atoms with Crippen molar-refractivity contribution in [3.8, 4) is 0 Å². The van der Waals surface area contributed by atoms with Crippen LogP contribution in [0.15, 0.2) is 122 Å². The third-order valence-corrected chi connectivity index (χ3v) is 11.4. The van der Waals surface area contributed by atoms with E-state index >= 15 is 0 Å². The molecule has 0 aliphatic carbocycles. The van der Waals surface area contributed by atoms with Crippen LogP contribution in [0.5, 0.6) is 0 Å². The van der Waals surface area contributed by atoms with E-state index in [1.54, 1.807) is 62.6 Å². The maximum atomic E-state index is 13.4. The molecule has 0 radical (unpaired) electrons. The Morgan fingerprint density at radius 2 is 0.769 bits per heavy atom. The van der Waals surface area contributed by atoms with Gasteiger partial charge in [-0.05, 0) is 96.8 Å². The van der Waals surface area contributed by atoms with Crippen molar-refractivity contribution in [2.45, 2.75) is 50.6 Å². The summed E-state index contributed by atoms with van der Waals surface area (Å²) in [6.07, 6.45) is 1.02. The summed E-state index contributed by atoms with van der Waals surface area (Å²) in [6.45, 7) is 0. The Morgan fingerprint density at radius 1 is 0.423 bits per heavy atom. The first-order valence-electron chi connectivity index (χ1n) is 23.6. The second kappa shape index (κ2) is 26.1. The summed E-state index contributed by atoms with van der Waals surface area (Å²) >= 11 is 0. The van der Waals surface area contributed by atoms with E-state index in [2.05, 4.69) is 42.5 Å². The van der Waals surface area contributed by atoms with Gasteiger partial charge in [-0.3, -0.25) is 38.4 Å². The molecule has 78 heavy (non-hydrogen) atoms. The number of aryl methyl sites for hydroxylation is 2. The van der Waals surface area contributed by atoms with E-state index in [-0.39, 0.29) is 70.9 Å². The van der Waals surface area contributed by atoms with Crippen molar-refractivity contribution in [2.24, 2.45) is 14.1 Å². The van der Waals surface area contributed by atoms with E-state index in [1.807, 2.05) is 0 Å². The van der Waals surface area contributed by atoms with Crippen molar-refractivity contribution in [1.29, 1.82) is 0 Å². The summed E-state index contributed by atoms with van der Waals surface area (Å²) in [5.74, 6) is -8.74. The highest BCUT2D eigenvalue weighted by molar-refractivity contribution is 6.10. The molecule has 8 amide bonds. The van der Waals surface area contributed by atoms with Gasteiger partial charge in [-0.15, -0.1) is 0 Å². The number of carbonyl (C=O) groups excluding carboxylic acids is 7. The minimum atomic E-state index is -1.39. The molecule has 12 N–H and O–H groups in total. The normalized spacial score (nSPS) is 11.4. The largest absolute Gasteiger partial charge is 0.481 e. The Balaban J connectivity index is 0.984. The number of carboxylic acids is 4. The molecule has 0 saturated carbocycles. The highest BCUT2D eigenvalue weighted by Crippen LogP contribution is 2.22. The lowest BCUT2D eigenvalue weighted by molar-refractivity contribution is -0.144. The number of urea groups is 1. The number of carboxylic acid groups (broad SMARTS) is 4. The van der Waals surface area contributed by atoms with E-state index in [4.69, 9.17) is 10.2 Å². The Bertz CT molecular complexity index is 3110. The molecule has 0 aliphatic heterocycles. The standard InChI is InChI=1S/C53H52N10O15/c1-62-27-37(25-41(62)49(72)54-33-11-3-7-29(19-33)21-43(64)60-39(51(74)75)15-17-45(66)67)56-47(70)31-9-5-13-35(23-31)58-53(78)59-36-14-6-10-32(24-36)48(71)57-38-26-42(63(2)28-38)50(73)55-34-12-4-8-30(20-34)22-44(65)61-40(52(76)77)16-18-46(68)69/h3-14,19-20,23-28,39-40H,15-18,21-22H2,1-2H3,(H,54,72)(H,55,73)(H,56,70)(H,57,71)(H,60,64)(H,61,65)(H,66,67)(H,68,69)(H,74,75)(H,76,77)(H2,58,59,78). The third kappa shape index (κ3) is 16.7. The molecular weight excluding hydrogens is 1020 g/mol. The first-order chi connectivity index (χ1) is 37.1. The molecule has 25 nitrogen and oxygen atoms in total. The molecule has 6 rings (SSSR count). The molecule has 2 heterocycles. The molecule has 2 aromatic heterocycles. The zero-order valence-electron chi connectivity index (χ0n) is 41.6. The van der Waals surface area contributed by atoms with Crippen molar-refractivity contribution < 1.29 is 73.2 Å². The Kier molecular flexibility index (Phi) is 18.9. The molecular formula is C53H52N10O15. The molecule has 2 unspecified atom stereocenters. The van der Waals surface area contributed by atoms with Crippen LogP contribution in [-0.2, 0) is 55.7 Å². The number of hydrogen-bond donors (Lipinski definition) is 12. The molecule has 0 spiro atoms. The van der Waals surface area contributed by atoms with Gasteiger partial charge in [0.05, 0.1) is 24.2 Å². The highest BCUT2D eigenvalue weighted by atomic mass is 16.4. The summed E-state index contributed by atoms with van der Waals surface area (Å²) in [6, 6.07) is 23.9. The molecule has 0 aliphatic rings. The lowest BCUT2D eigenvalue weighted by Crippen LogP contribution is -2.41. The SMILES string of the molecule is Cn1cc(NC(=O)c2cccc(NC(=O)Nc3cccc(C(=O)Nc4cc(C(=O)Nc5cccc(CC(=O)NC(CCC(=O)O)C(=O)O)c5)n(C)c4)c3)c2)cc1C(=O)Nc1cccc(CC(=O)NC(CCC(=O)O)C(=O)O)c1. The van der Waals surface area contributed by atoms with Gasteiger partial charge in [0.2, 0.25) is 11.8 Å². The highest BCUT2D eigenvalue weighted by Gasteiger charge is 2.24. The molecule has 4 aromatic carbocycles. The number of aliphatic carboxylic acids is 4. The van der Waals surface area contributed by atoms with Crippen molar-refractivity contribution in [3.63, 3.8) is 0 Å². The van der Waals surface area contributed by atoms with Gasteiger partial charge in [0, 0.05) is 73.2 Å². The number of rotatable bonds is 24. The lowest BCUT2D eigenvalue weighted by atomic mass is 10.1. The summed E-state index contributed by atoms with van der Waals surface area (Å²) in [4.78, 5) is 136. The summed E-state index contributed by atoms with van der Waals surface area (Å²) in [5, 5.41) is 57.2. The van der Waals surface area contributed by atoms with Gasteiger partial charge >= 0.3 is 29.9 Å². The average Bonchev–Trinajstić information content (AvgIpc) is 3.95. The van der Waals surface area contributed by atoms with Crippen molar-refractivity contribution >= 4 is 99.5 Å². The maximum Gasteiger partial charge on any atom is 0.326 e. The number of nitrogens with one attached hydrogen (secondary N) is 8. The smallest absolute Gasteiger partial charge is 0.326 e. The van der Waals surface area contributed by atoms with Crippen LogP contribution in [0.4, 0.5) is 38.9 Å². The fraction of sp³-hybridized carbons (Fsp3) is 0.189. The number of anilines is 6.